The van der Waals surface area contributed by atoms with E-state index >= 15 is 0 Å². The molecule has 1 aliphatic carbocycles. The quantitative estimate of drug-likeness (QED) is 0.449. The summed E-state index contributed by atoms with van der Waals surface area (Å²) in [5.41, 5.74) is 0. The van der Waals surface area contributed by atoms with Gasteiger partial charge in [-0.1, -0.05) is 0 Å². The standard InChI is InChI=1S/C12H21N3O4/c16-10(15-9-4-5-9)6-8-14-12(19)13-7-2-1-3-11(17)18/h9H,1-8H2,(H,15,16)(H,17,18)(H2,13,14,19). The molecule has 0 saturated heterocycles. The summed E-state index contributed by atoms with van der Waals surface area (Å²) in [5.74, 6) is -0.865. The Morgan fingerprint density at radius 1 is 1.00 bits per heavy atom. The molecule has 108 valence electrons. The molecule has 7 heteroatoms. The van der Waals surface area contributed by atoms with Gasteiger partial charge in [0.1, 0.15) is 0 Å². The van der Waals surface area contributed by atoms with E-state index in [1.54, 1.807) is 0 Å². The van der Waals surface area contributed by atoms with Gasteiger partial charge in [0.05, 0.1) is 0 Å². The number of hydrogen-bond acceptors (Lipinski definition) is 3. The molecule has 0 spiro atoms. The third-order valence-corrected chi connectivity index (χ3v) is 2.68. The van der Waals surface area contributed by atoms with Crippen LogP contribution in [-0.4, -0.2) is 42.1 Å². The Balaban J connectivity index is 1.89. The van der Waals surface area contributed by atoms with Crippen molar-refractivity contribution >= 4 is 17.9 Å². The first-order chi connectivity index (χ1) is 9.08. The van der Waals surface area contributed by atoms with Gasteiger partial charge in [-0.3, -0.25) is 9.59 Å². The molecule has 7 nitrogen and oxygen atoms in total. The zero-order chi connectivity index (χ0) is 14.1. The summed E-state index contributed by atoms with van der Waals surface area (Å²) in [6.07, 6.45) is 3.67. The molecule has 0 atom stereocenters. The number of urea groups is 1. The highest BCUT2D eigenvalue weighted by Crippen LogP contribution is 2.18. The Labute approximate surface area is 112 Å². The van der Waals surface area contributed by atoms with E-state index in [-0.39, 0.29) is 24.8 Å². The van der Waals surface area contributed by atoms with E-state index in [1.807, 2.05) is 0 Å². The molecule has 1 rings (SSSR count). The van der Waals surface area contributed by atoms with Gasteiger partial charge < -0.3 is 21.1 Å². The van der Waals surface area contributed by atoms with Crippen LogP contribution < -0.4 is 16.0 Å². The highest BCUT2D eigenvalue weighted by atomic mass is 16.4. The topological polar surface area (TPSA) is 108 Å². The Hall–Kier alpha value is -1.79. The fourth-order valence-electron chi connectivity index (χ4n) is 1.48. The monoisotopic (exact) mass is 271 g/mol. The zero-order valence-corrected chi connectivity index (χ0v) is 10.9. The number of carbonyl (C=O) groups is 3. The van der Waals surface area contributed by atoms with Crippen molar-refractivity contribution < 1.29 is 19.5 Å². The summed E-state index contributed by atoms with van der Waals surface area (Å²) >= 11 is 0. The predicted octanol–water partition coefficient (Wildman–Crippen LogP) is 0.209. The Morgan fingerprint density at radius 3 is 2.32 bits per heavy atom. The van der Waals surface area contributed by atoms with Crippen molar-refractivity contribution in [1.82, 2.24) is 16.0 Å². The van der Waals surface area contributed by atoms with Crippen LogP contribution in [0.1, 0.15) is 38.5 Å². The molecule has 3 amide bonds. The van der Waals surface area contributed by atoms with Crippen LogP contribution in [0, 0.1) is 0 Å². The average molecular weight is 271 g/mol. The van der Waals surface area contributed by atoms with Gasteiger partial charge in [-0.2, -0.15) is 0 Å². The van der Waals surface area contributed by atoms with Gasteiger partial charge in [0.2, 0.25) is 5.91 Å². The summed E-state index contributed by atoms with van der Waals surface area (Å²) in [6, 6.07) is 0.0186. The lowest BCUT2D eigenvalue weighted by atomic mass is 10.2. The third kappa shape index (κ3) is 8.87. The van der Waals surface area contributed by atoms with E-state index in [9.17, 15) is 14.4 Å². The third-order valence-electron chi connectivity index (χ3n) is 2.68. The minimum absolute atomic E-state index is 0.0377. The van der Waals surface area contributed by atoms with E-state index in [1.165, 1.54) is 0 Å². The minimum Gasteiger partial charge on any atom is -0.481 e. The average Bonchev–Trinajstić information content (AvgIpc) is 3.12. The van der Waals surface area contributed by atoms with Crippen molar-refractivity contribution in [2.45, 2.75) is 44.6 Å². The van der Waals surface area contributed by atoms with Crippen molar-refractivity contribution in [2.75, 3.05) is 13.1 Å². The minimum atomic E-state index is -0.828. The Kier molecular flexibility index (Phi) is 6.70. The van der Waals surface area contributed by atoms with Crippen LogP contribution in [0.3, 0.4) is 0 Å². The molecule has 0 aromatic carbocycles. The number of unbranched alkanes of at least 4 members (excludes halogenated alkanes) is 1. The zero-order valence-electron chi connectivity index (χ0n) is 10.9. The fraction of sp³-hybridized carbons (Fsp3) is 0.750. The maximum atomic E-state index is 11.3. The summed E-state index contributed by atoms with van der Waals surface area (Å²) in [5, 5.41) is 16.4. The fourth-order valence-corrected chi connectivity index (χ4v) is 1.48. The van der Waals surface area contributed by atoms with Crippen LogP contribution in [-0.2, 0) is 9.59 Å². The number of aliphatic carboxylic acids is 1. The van der Waals surface area contributed by atoms with E-state index in [4.69, 9.17) is 5.11 Å². The number of carboxylic acids is 1. The van der Waals surface area contributed by atoms with Gasteiger partial charge in [0.25, 0.3) is 0 Å². The first kappa shape index (κ1) is 15.3. The molecule has 0 bridgehead atoms. The maximum Gasteiger partial charge on any atom is 0.314 e. The Bertz CT molecular complexity index is 329. The van der Waals surface area contributed by atoms with E-state index in [0.29, 0.717) is 32.0 Å². The van der Waals surface area contributed by atoms with E-state index in [2.05, 4.69) is 16.0 Å². The van der Waals surface area contributed by atoms with Crippen LogP contribution in [0.4, 0.5) is 4.79 Å². The molecule has 0 radical (unpaired) electrons. The molecule has 1 aliphatic rings. The number of nitrogens with one attached hydrogen (secondary N) is 3. The second-order valence-corrected chi connectivity index (χ2v) is 4.63. The lowest BCUT2D eigenvalue weighted by Gasteiger charge is -2.07. The summed E-state index contributed by atoms with van der Waals surface area (Å²) in [4.78, 5) is 32.8. The largest absolute Gasteiger partial charge is 0.481 e. The van der Waals surface area contributed by atoms with Crippen molar-refractivity contribution in [3.8, 4) is 0 Å². The van der Waals surface area contributed by atoms with E-state index in [0.717, 1.165) is 12.8 Å². The number of rotatable bonds is 9. The molecule has 0 heterocycles. The van der Waals surface area contributed by atoms with Crippen LogP contribution in [0.2, 0.25) is 0 Å². The molecule has 0 aliphatic heterocycles. The van der Waals surface area contributed by atoms with Gasteiger partial charge in [0, 0.05) is 32.0 Å². The van der Waals surface area contributed by atoms with Crippen molar-refractivity contribution in [3.05, 3.63) is 0 Å². The molecule has 4 N–H and O–H groups in total. The van der Waals surface area contributed by atoms with Crippen molar-refractivity contribution in [3.63, 3.8) is 0 Å². The van der Waals surface area contributed by atoms with Crippen molar-refractivity contribution in [1.29, 1.82) is 0 Å². The van der Waals surface area contributed by atoms with Gasteiger partial charge in [-0.25, -0.2) is 4.79 Å². The smallest absolute Gasteiger partial charge is 0.314 e. The normalized spacial score (nSPS) is 13.7. The number of carboxylic acid groups (broad SMARTS) is 1. The molecule has 0 aromatic rings. The van der Waals surface area contributed by atoms with Gasteiger partial charge >= 0.3 is 12.0 Å². The Morgan fingerprint density at radius 2 is 1.68 bits per heavy atom. The highest BCUT2D eigenvalue weighted by molar-refractivity contribution is 5.78. The second-order valence-electron chi connectivity index (χ2n) is 4.63. The van der Waals surface area contributed by atoms with Gasteiger partial charge in [0.15, 0.2) is 0 Å². The molecule has 19 heavy (non-hydrogen) atoms. The summed E-state index contributed by atoms with van der Waals surface area (Å²) in [6.45, 7) is 0.743. The number of hydrogen-bond donors (Lipinski definition) is 4. The summed E-state index contributed by atoms with van der Waals surface area (Å²) in [7, 11) is 0. The molecular formula is C12H21N3O4. The number of carbonyl (C=O) groups excluding carboxylic acids is 2. The first-order valence-corrected chi connectivity index (χ1v) is 6.61. The molecule has 0 unspecified atom stereocenters. The molecule has 1 saturated carbocycles. The maximum absolute atomic E-state index is 11.3. The molecular weight excluding hydrogens is 250 g/mol. The second kappa shape index (κ2) is 8.34. The van der Waals surface area contributed by atoms with Crippen molar-refractivity contribution in [2.24, 2.45) is 0 Å². The van der Waals surface area contributed by atoms with Crippen LogP contribution in [0.15, 0.2) is 0 Å². The van der Waals surface area contributed by atoms with Gasteiger partial charge in [-0.15, -0.1) is 0 Å². The highest BCUT2D eigenvalue weighted by Gasteiger charge is 2.22. The lowest BCUT2D eigenvalue weighted by Crippen LogP contribution is -2.38. The summed E-state index contributed by atoms with van der Waals surface area (Å²) < 4.78 is 0. The van der Waals surface area contributed by atoms with E-state index < -0.39 is 5.97 Å². The molecule has 1 fully saturated rings. The SMILES string of the molecule is O=C(O)CCCCNC(=O)NCCC(=O)NC1CC1. The van der Waals surface area contributed by atoms with Crippen LogP contribution in [0.25, 0.3) is 0 Å². The molecule has 0 aromatic heterocycles. The predicted molar refractivity (Wildman–Crippen MR) is 68.7 cm³/mol. The first-order valence-electron chi connectivity index (χ1n) is 6.61. The lowest BCUT2D eigenvalue weighted by molar-refractivity contribution is -0.137. The van der Waals surface area contributed by atoms with Crippen LogP contribution >= 0.6 is 0 Å². The number of amides is 3. The van der Waals surface area contributed by atoms with Gasteiger partial charge in [-0.05, 0) is 25.7 Å². The van der Waals surface area contributed by atoms with Crippen LogP contribution in [0.5, 0.6) is 0 Å².